The second kappa shape index (κ2) is 3.08. The van der Waals surface area contributed by atoms with E-state index in [9.17, 15) is 5.11 Å². The third-order valence-electron chi connectivity index (χ3n) is 4.33. The topological polar surface area (TPSA) is 20.2 Å². The number of aryl methyl sites for hydroxylation is 1. The van der Waals surface area contributed by atoms with E-state index in [0.717, 1.165) is 17.9 Å². The van der Waals surface area contributed by atoms with Crippen molar-refractivity contribution < 1.29 is 5.11 Å². The van der Waals surface area contributed by atoms with Crippen molar-refractivity contribution in [1.82, 2.24) is 0 Å². The molecule has 0 saturated heterocycles. The van der Waals surface area contributed by atoms with Crippen molar-refractivity contribution in [2.45, 2.75) is 38.2 Å². The first kappa shape index (κ1) is 9.41. The molecule has 1 N–H and O–H groups in total. The molecule has 1 nitrogen and oxygen atoms in total. The lowest BCUT2D eigenvalue weighted by atomic mass is 9.78. The Kier molecular flexibility index (Phi) is 1.93. The van der Waals surface area contributed by atoms with Gasteiger partial charge in [0.25, 0.3) is 0 Å². The Hall–Kier alpha value is -0.820. The van der Waals surface area contributed by atoms with Gasteiger partial charge in [0, 0.05) is 0 Å². The number of rotatable bonds is 1. The Balaban J connectivity index is 2.00. The van der Waals surface area contributed by atoms with E-state index in [1.54, 1.807) is 0 Å². The number of fused-ring (bicyclic) bond motifs is 2. The summed E-state index contributed by atoms with van der Waals surface area (Å²) in [7, 11) is 0. The zero-order valence-corrected chi connectivity index (χ0v) is 9.24. The minimum absolute atomic E-state index is 0.505. The highest BCUT2D eigenvalue weighted by Gasteiger charge is 2.50. The predicted molar refractivity (Wildman–Crippen MR) is 60.5 cm³/mol. The van der Waals surface area contributed by atoms with Crippen molar-refractivity contribution in [1.29, 1.82) is 0 Å². The third kappa shape index (κ3) is 1.33. The molecule has 0 spiro atoms. The van der Waals surface area contributed by atoms with Gasteiger partial charge in [0.1, 0.15) is 0 Å². The van der Waals surface area contributed by atoms with E-state index in [1.807, 2.05) is 0 Å². The summed E-state index contributed by atoms with van der Waals surface area (Å²) < 4.78 is 0. The highest BCUT2D eigenvalue weighted by molar-refractivity contribution is 5.30. The SMILES string of the molecule is Cc1cccc([C@]2(O)C[C@H]3CC[C@@H]2C3)c1. The minimum Gasteiger partial charge on any atom is -0.385 e. The monoisotopic (exact) mass is 202 g/mol. The molecular formula is C14H18O. The summed E-state index contributed by atoms with van der Waals surface area (Å²) in [5.74, 6) is 1.30. The standard InChI is InChI=1S/C14H18O/c1-10-3-2-4-12(7-10)14(15)9-11-5-6-13(14)8-11/h2-4,7,11,13,15H,5-6,8-9H2,1H3/t11-,13+,14+/m0/s1. The van der Waals surface area contributed by atoms with Gasteiger partial charge in [-0.05, 0) is 50.0 Å². The summed E-state index contributed by atoms with van der Waals surface area (Å²) in [6.07, 6.45) is 4.78. The third-order valence-corrected chi connectivity index (χ3v) is 4.33. The molecule has 80 valence electrons. The van der Waals surface area contributed by atoms with E-state index in [-0.39, 0.29) is 0 Å². The fraction of sp³-hybridized carbons (Fsp3) is 0.571. The molecule has 1 aromatic rings. The molecule has 0 radical (unpaired) electrons. The summed E-state index contributed by atoms with van der Waals surface area (Å²) in [5.41, 5.74) is 1.90. The van der Waals surface area contributed by atoms with Crippen LogP contribution in [0.1, 0.15) is 36.8 Å². The van der Waals surface area contributed by atoms with Crippen molar-refractivity contribution >= 4 is 0 Å². The summed E-state index contributed by atoms with van der Waals surface area (Å²) >= 11 is 0. The van der Waals surface area contributed by atoms with E-state index >= 15 is 0 Å². The van der Waals surface area contributed by atoms with Crippen LogP contribution in [0.25, 0.3) is 0 Å². The predicted octanol–water partition coefficient (Wildman–Crippen LogP) is 3.00. The lowest BCUT2D eigenvalue weighted by molar-refractivity contribution is -0.0182. The second-order valence-electron chi connectivity index (χ2n) is 5.37. The first-order valence-electron chi connectivity index (χ1n) is 5.98. The molecule has 0 aliphatic heterocycles. The fourth-order valence-electron chi connectivity index (χ4n) is 3.57. The zero-order chi connectivity index (χ0) is 10.5. The van der Waals surface area contributed by atoms with E-state index in [2.05, 4.69) is 31.2 Å². The Morgan fingerprint density at radius 1 is 1.33 bits per heavy atom. The van der Waals surface area contributed by atoms with E-state index in [4.69, 9.17) is 0 Å². The number of aliphatic hydroxyl groups is 1. The molecule has 3 rings (SSSR count). The van der Waals surface area contributed by atoms with Crippen molar-refractivity contribution in [2.75, 3.05) is 0 Å². The van der Waals surface area contributed by atoms with Crippen LogP contribution in [0.3, 0.4) is 0 Å². The highest BCUT2D eigenvalue weighted by atomic mass is 16.3. The lowest BCUT2D eigenvalue weighted by Crippen LogP contribution is -2.32. The molecule has 15 heavy (non-hydrogen) atoms. The minimum atomic E-state index is -0.505. The zero-order valence-electron chi connectivity index (χ0n) is 9.24. The number of hydrogen-bond donors (Lipinski definition) is 1. The van der Waals surface area contributed by atoms with Crippen molar-refractivity contribution in [3.8, 4) is 0 Å². The maximum atomic E-state index is 10.8. The van der Waals surface area contributed by atoms with Crippen molar-refractivity contribution in [3.05, 3.63) is 35.4 Å². The average molecular weight is 202 g/mol. The quantitative estimate of drug-likeness (QED) is 0.742. The molecule has 1 heteroatoms. The van der Waals surface area contributed by atoms with Gasteiger partial charge in [0.15, 0.2) is 0 Å². The summed E-state index contributed by atoms with van der Waals surface area (Å²) in [6.45, 7) is 2.10. The van der Waals surface area contributed by atoms with Crippen LogP contribution in [0.4, 0.5) is 0 Å². The number of benzene rings is 1. The molecule has 1 aromatic carbocycles. The van der Waals surface area contributed by atoms with Gasteiger partial charge in [-0.1, -0.05) is 29.8 Å². The number of hydrogen-bond acceptors (Lipinski definition) is 1. The molecule has 2 fully saturated rings. The Morgan fingerprint density at radius 3 is 2.80 bits per heavy atom. The van der Waals surface area contributed by atoms with E-state index < -0.39 is 5.60 Å². The van der Waals surface area contributed by atoms with Crippen molar-refractivity contribution in [2.24, 2.45) is 11.8 Å². The summed E-state index contributed by atoms with van der Waals surface area (Å²) in [5, 5.41) is 10.8. The normalized spacial score (nSPS) is 38.5. The summed E-state index contributed by atoms with van der Waals surface area (Å²) in [4.78, 5) is 0. The molecule has 0 amide bonds. The Morgan fingerprint density at radius 2 is 2.20 bits per heavy atom. The van der Waals surface area contributed by atoms with Crippen LogP contribution < -0.4 is 0 Å². The summed E-state index contributed by atoms with van der Waals surface area (Å²) in [6, 6.07) is 8.41. The average Bonchev–Trinajstić information content (AvgIpc) is 2.78. The molecule has 0 unspecified atom stereocenters. The first-order valence-corrected chi connectivity index (χ1v) is 5.98. The molecule has 2 bridgehead atoms. The van der Waals surface area contributed by atoms with Gasteiger partial charge in [-0.15, -0.1) is 0 Å². The highest BCUT2D eigenvalue weighted by Crippen LogP contribution is 2.55. The molecule has 2 aliphatic carbocycles. The molecular weight excluding hydrogens is 184 g/mol. The van der Waals surface area contributed by atoms with Gasteiger partial charge in [0.05, 0.1) is 5.60 Å². The van der Waals surface area contributed by atoms with Crippen LogP contribution in [-0.2, 0) is 5.60 Å². The molecule has 0 aromatic heterocycles. The molecule has 0 heterocycles. The smallest absolute Gasteiger partial charge is 0.0927 e. The fourth-order valence-corrected chi connectivity index (χ4v) is 3.57. The van der Waals surface area contributed by atoms with Gasteiger partial charge in [-0.25, -0.2) is 0 Å². The van der Waals surface area contributed by atoms with Crippen LogP contribution in [0, 0.1) is 18.8 Å². The maximum absolute atomic E-state index is 10.8. The van der Waals surface area contributed by atoms with Crippen LogP contribution in [0.15, 0.2) is 24.3 Å². The van der Waals surface area contributed by atoms with Crippen LogP contribution in [0.5, 0.6) is 0 Å². The van der Waals surface area contributed by atoms with Gasteiger partial charge in [0.2, 0.25) is 0 Å². The van der Waals surface area contributed by atoms with Gasteiger partial charge < -0.3 is 5.11 Å². The Labute approximate surface area is 91.1 Å². The van der Waals surface area contributed by atoms with Gasteiger partial charge in [-0.2, -0.15) is 0 Å². The van der Waals surface area contributed by atoms with E-state index in [1.165, 1.54) is 24.8 Å². The first-order chi connectivity index (χ1) is 7.18. The van der Waals surface area contributed by atoms with Gasteiger partial charge >= 0.3 is 0 Å². The van der Waals surface area contributed by atoms with Gasteiger partial charge in [-0.3, -0.25) is 0 Å². The maximum Gasteiger partial charge on any atom is 0.0927 e. The van der Waals surface area contributed by atoms with Crippen LogP contribution in [0.2, 0.25) is 0 Å². The van der Waals surface area contributed by atoms with Crippen LogP contribution >= 0.6 is 0 Å². The van der Waals surface area contributed by atoms with E-state index in [0.29, 0.717) is 5.92 Å². The van der Waals surface area contributed by atoms with Crippen molar-refractivity contribution in [3.63, 3.8) is 0 Å². The largest absolute Gasteiger partial charge is 0.385 e. The molecule has 3 atom stereocenters. The van der Waals surface area contributed by atoms with Crippen LogP contribution in [-0.4, -0.2) is 5.11 Å². The molecule has 2 saturated carbocycles. The second-order valence-corrected chi connectivity index (χ2v) is 5.37. The lowest BCUT2D eigenvalue weighted by Gasteiger charge is -2.33. The Bertz CT molecular complexity index is 385. The molecule has 2 aliphatic rings.